The number of hydrogen-bond donors (Lipinski definition) is 1. The van der Waals surface area contributed by atoms with Gasteiger partial charge in [0.2, 0.25) is 0 Å². The number of nitrogens with zero attached hydrogens (tertiary/aromatic N) is 7. The van der Waals surface area contributed by atoms with Crippen molar-refractivity contribution in [3.05, 3.63) is 72.1 Å². The van der Waals surface area contributed by atoms with Gasteiger partial charge in [-0.3, -0.25) is 4.90 Å². The van der Waals surface area contributed by atoms with Crippen molar-refractivity contribution in [2.75, 3.05) is 42.5 Å². The minimum atomic E-state index is -0.432. The molecule has 204 valence electrons. The Morgan fingerprint density at radius 1 is 0.900 bits per heavy atom. The number of imidazole rings is 1. The Kier molecular flexibility index (Phi) is 5.51. The van der Waals surface area contributed by atoms with Gasteiger partial charge in [-0.05, 0) is 74.7 Å². The zero-order valence-corrected chi connectivity index (χ0v) is 22.1. The molecule has 0 unspecified atom stereocenters. The van der Waals surface area contributed by atoms with Crippen LogP contribution in [0.1, 0.15) is 37.3 Å². The van der Waals surface area contributed by atoms with Gasteiger partial charge in [0, 0.05) is 49.7 Å². The smallest absolute Gasteiger partial charge is 0.168 e. The van der Waals surface area contributed by atoms with Crippen LogP contribution in [0.15, 0.2) is 54.9 Å². The van der Waals surface area contributed by atoms with Gasteiger partial charge in [0.25, 0.3) is 0 Å². The molecular weight excluding hydrogens is 510 g/mol. The molecule has 2 aromatic carbocycles. The molecule has 8 rings (SSSR count). The van der Waals surface area contributed by atoms with E-state index in [1.54, 1.807) is 10.7 Å². The van der Waals surface area contributed by atoms with E-state index in [4.69, 9.17) is 9.97 Å². The Hall–Kier alpha value is -4.05. The maximum absolute atomic E-state index is 14.7. The molecule has 3 fully saturated rings. The van der Waals surface area contributed by atoms with E-state index in [9.17, 15) is 8.78 Å². The Balaban J connectivity index is 1.12. The molecule has 40 heavy (non-hydrogen) atoms. The van der Waals surface area contributed by atoms with Gasteiger partial charge in [-0.2, -0.15) is 5.10 Å². The SMILES string of the molecule is Fc1ccc(F)c([C@H]2CCCN2c2ccn3ncc(-c4nc5ccc(N6CCN7CCC[C@@H]7C6)cc5[nH]4)c3n2)c1. The molecule has 0 aliphatic carbocycles. The number of halogens is 2. The highest BCUT2D eigenvalue weighted by Crippen LogP contribution is 2.37. The minimum Gasteiger partial charge on any atom is -0.369 e. The van der Waals surface area contributed by atoms with Crippen molar-refractivity contribution in [2.24, 2.45) is 0 Å². The highest BCUT2D eigenvalue weighted by Gasteiger charge is 2.32. The molecule has 1 N–H and O–H groups in total. The van der Waals surface area contributed by atoms with Crippen molar-refractivity contribution in [3.63, 3.8) is 0 Å². The first-order valence-corrected chi connectivity index (χ1v) is 14.2. The van der Waals surface area contributed by atoms with Gasteiger partial charge in [-0.1, -0.05) is 0 Å². The number of anilines is 2. The predicted octanol–water partition coefficient (Wildman–Crippen LogP) is 5.18. The molecule has 3 aliphatic rings. The summed E-state index contributed by atoms with van der Waals surface area (Å²) < 4.78 is 30.4. The molecule has 8 nitrogen and oxygen atoms in total. The van der Waals surface area contributed by atoms with E-state index in [1.165, 1.54) is 37.2 Å². The summed E-state index contributed by atoms with van der Waals surface area (Å²) in [6.45, 7) is 5.19. The van der Waals surface area contributed by atoms with Crippen LogP contribution in [0.5, 0.6) is 0 Å². The summed E-state index contributed by atoms with van der Waals surface area (Å²) in [4.78, 5) is 20.5. The monoisotopic (exact) mass is 540 g/mol. The van der Waals surface area contributed by atoms with Gasteiger partial charge in [-0.25, -0.2) is 23.3 Å². The number of fused-ring (bicyclic) bond motifs is 3. The van der Waals surface area contributed by atoms with E-state index in [0.29, 0.717) is 28.9 Å². The zero-order valence-electron chi connectivity index (χ0n) is 22.1. The van der Waals surface area contributed by atoms with Crippen LogP contribution in [-0.4, -0.2) is 68.2 Å². The van der Waals surface area contributed by atoms with E-state index >= 15 is 0 Å². The lowest BCUT2D eigenvalue weighted by atomic mass is 10.0. The lowest BCUT2D eigenvalue weighted by molar-refractivity contribution is 0.231. The molecular formula is C30H30F2N8. The summed E-state index contributed by atoms with van der Waals surface area (Å²) in [5.41, 5.74) is 4.94. The molecule has 3 aliphatic heterocycles. The number of H-pyrrole nitrogens is 1. The van der Waals surface area contributed by atoms with Crippen LogP contribution < -0.4 is 9.80 Å². The van der Waals surface area contributed by atoms with Crippen molar-refractivity contribution in [3.8, 4) is 11.4 Å². The molecule has 3 aromatic heterocycles. The van der Waals surface area contributed by atoms with Crippen LogP contribution in [0.2, 0.25) is 0 Å². The van der Waals surface area contributed by atoms with E-state index in [0.717, 1.165) is 61.7 Å². The van der Waals surface area contributed by atoms with E-state index in [2.05, 4.69) is 43.0 Å². The van der Waals surface area contributed by atoms with Crippen molar-refractivity contribution >= 4 is 28.2 Å². The number of benzene rings is 2. The van der Waals surface area contributed by atoms with E-state index in [-0.39, 0.29) is 6.04 Å². The largest absolute Gasteiger partial charge is 0.369 e. The van der Waals surface area contributed by atoms with E-state index in [1.807, 2.05) is 12.3 Å². The summed E-state index contributed by atoms with van der Waals surface area (Å²) in [7, 11) is 0. The van der Waals surface area contributed by atoms with Gasteiger partial charge in [0.05, 0.1) is 28.8 Å². The van der Waals surface area contributed by atoms with Crippen LogP contribution in [0.25, 0.3) is 28.1 Å². The molecule has 0 radical (unpaired) electrons. The van der Waals surface area contributed by atoms with Crippen molar-refractivity contribution in [1.29, 1.82) is 0 Å². The van der Waals surface area contributed by atoms with Crippen LogP contribution in [0.3, 0.4) is 0 Å². The van der Waals surface area contributed by atoms with Crippen molar-refractivity contribution in [2.45, 2.75) is 37.8 Å². The lowest BCUT2D eigenvalue weighted by Crippen LogP contribution is -2.50. The third kappa shape index (κ3) is 3.92. The second-order valence-corrected chi connectivity index (χ2v) is 11.2. The Labute approximate surface area is 230 Å². The first-order chi connectivity index (χ1) is 19.6. The van der Waals surface area contributed by atoms with Gasteiger partial charge >= 0.3 is 0 Å². The average molecular weight is 541 g/mol. The maximum Gasteiger partial charge on any atom is 0.168 e. The maximum atomic E-state index is 14.7. The fraction of sp³-hybridized carbons (Fsp3) is 0.367. The normalized spacial score (nSPS) is 21.6. The highest BCUT2D eigenvalue weighted by molar-refractivity contribution is 5.85. The number of rotatable bonds is 4. The number of aromatic amines is 1. The fourth-order valence-electron chi connectivity index (χ4n) is 6.87. The Bertz CT molecular complexity index is 1730. The second kappa shape index (κ2) is 9.26. The molecule has 0 bridgehead atoms. The lowest BCUT2D eigenvalue weighted by Gasteiger charge is -2.38. The summed E-state index contributed by atoms with van der Waals surface area (Å²) in [6, 6.07) is 12.4. The first kappa shape index (κ1) is 23.8. The number of nitrogens with one attached hydrogen (secondary N) is 1. The average Bonchev–Trinajstić information content (AvgIpc) is 3.78. The van der Waals surface area contributed by atoms with Crippen LogP contribution in [0.4, 0.5) is 20.3 Å². The molecule has 10 heteroatoms. The molecule has 2 atom stereocenters. The Morgan fingerprint density at radius 3 is 2.77 bits per heavy atom. The highest BCUT2D eigenvalue weighted by atomic mass is 19.1. The molecule has 0 saturated carbocycles. The standard InChI is InChI=1S/C30H30F2N8/c31-19-5-7-24(32)22(15-19)27-4-2-11-39(27)28-9-12-40-30(36-28)23(17-33-40)29-34-25-8-6-20(16-26(25)35-29)38-14-13-37-10-1-3-21(37)18-38/h5-9,12,15-17,21,27H,1-4,10-11,13-14,18H2,(H,34,35)/t21-,27-/m1/s1. The van der Waals surface area contributed by atoms with Crippen molar-refractivity contribution in [1.82, 2.24) is 29.5 Å². The zero-order chi connectivity index (χ0) is 26.8. The molecule has 0 spiro atoms. The molecule has 6 heterocycles. The van der Waals surface area contributed by atoms with Crippen LogP contribution in [0, 0.1) is 11.6 Å². The van der Waals surface area contributed by atoms with Crippen LogP contribution in [-0.2, 0) is 0 Å². The third-order valence-electron chi connectivity index (χ3n) is 8.89. The number of hydrogen-bond acceptors (Lipinski definition) is 6. The van der Waals surface area contributed by atoms with Crippen LogP contribution >= 0.6 is 0 Å². The third-order valence-corrected chi connectivity index (χ3v) is 8.89. The molecule has 3 saturated heterocycles. The van der Waals surface area contributed by atoms with Gasteiger partial charge in [-0.15, -0.1) is 0 Å². The molecule has 0 amide bonds. The summed E-state index contributed by atoms with van der Waals surface area (Å²) >= 11 is 0. The predicted molar refractivity (Wildman–Crippen MR) is 151 cm³/mol. The van der Waals surface area contributed by atoms with Gasteiger partial charge in [0.15, 0.2) is 5.65 Å². The topological polar surface area (TPSA) is 68.6 Å². The number of aromatic nitrogens is 5. The first-order valence-electron chi connectivity index (χ1n) is 14.2. The number of piperazine rings is 1. The molecule has 5 aromatic rings. The summed E-state index contributed by atoms with van der Waals surface area (Å²) in [6.07, 6.45) is 7.84. The summed E-state index contributed by atoms with van der Waals surface area (Å²) in [5.74, 6) is 0.598. The minimum absolute atomic E-state index is 0.271. The second-order valence-electron chi connectivity index (χ2n) is 11.2. The van der Waals surface area contributed by atoms with Crippen molar-refractivity contribution < 1.29 is 8.78 Å². The fourth-order valence-corrected chi connectivity index (χ4v) is 6.87. The van der Waals surface area contributed by atoms with Gasteiger partial charge in [0.1, 0.15) is 23.3 Å². The Morgan fingerprint density at radius 2 is 1.82 bits per heavy atom. The quantitative estimate of drug-likeness (QED) is 0.339. The van der Waals surface area contributed by atoms with Gasteiger partial charge < -0.3 is 14.8 Å². The van der Waals surface area contributed by atoms with E-state index < -0.39 is 11.6 Å². The summed E-state index contributed by atoms with van der Waals surface area (Å²) in [5, 5.41) is 4.51.